The first kappa shape index (κ1) is 14.1. The van der Waals surface area contributed by atoms with E-state index >= 15 is 0 Å². The number of pyridine rings is 1. The Labute approximate surface area is 116 Å². The summed E-state index contributed by atoms with van der Waals surface area (Å²) in [6.07, 6.45) is 0. The van der Waals surface area contributed by atoms with E-state index in [-0.39, 0.29) is 5.69 Å². The average Bonchev–Trinajstić information content (AvgIpc) is 2.45. The van der Waals surface area contributed by atoms with Crippen LogP contribution in [0.4, 0.5) is 4.39 Å². The monoisotopic (exact) mass is 274 g/mol. The summed E-state index contributed by atoms with van der Waals surface area (Å²) in [5.41, 5.74) is 2.05. The summed E-state index contributed by atoms with van der Waals surface area (Å²) in [7, 11) is 1.63. The van der Waals surface area contributed by atoms with Crippen molar-refractivity contribution in [2.45, 2.75) is 13.2 Å². The van der Waals surface area contributed by atoms with Crippen molar-refractivity contribution >= 4 is 5.91 Å². The number of hydrogen-bond donors (Lipinski definition) is 1. The second-order valence-corrected chi connectivity index (χ2v) is 4.28. The van der Waals surface area contributed by atoms with Gasteiger partial charge in [-0.25, -0.2) is 4.98 Å². The van der Waals surface area contributed by atoms with Gasteiger partial charge in [-0.05, 0) is 23.3 Å². The lowest BCUT2D eigenvalue weighted by molar-refractivity contribution is 0.0944. The lowest BCUT2D eigenvalue weighted by Gasteiger charge is -2.07. The van der Waals surface area contributed by atoms with Gasteiger partial charge in [-0.15, -0.1) is 0 Å². The van der Waals surface area contributed by atoms with Gasteiger partial charge in [-0.3, -0.25) is 4.79 Å². The number of nitrogens with zero attached hydrogens (tertiary/aromatic N) is 1. The second kappa shape index (κ2) is 6.77. The van der Waals surface area contributed by atoms with Crippen molar-refractivity contribution < 1.29 is 13.9 Å². The molecule has 2 rings (SSSR count). The average molecular weight is 274 g/mol. The number of carbonyl (C=O) groups excluding carboxylic acids is 1. The summed E-state index contributed by atoms with van der Waals surface area (Å²) in [6, 6.07) is 11.8. The van der Waals surface area contributed by atoms with Crippen LogP contribution in [-0.4, -0.2) is 18.0 Å². The third-order valence-corrected chi connectivity index (χ3v) is 2.70. The summed E-state index contributed by atoms with van der Waals surface area (Å²) in [5, 5.41) is 2.70. The summed E-state index contributed by atoms with van der Waals surface area (Å²) < 4.78 is 18.0. The smallest absolute Gasteiger partial charge is 0.270 e. The van der Waals surface area contributed by atoms with Crippen LogP contribution in [0.15, 0.2) is 42.5 Å². The van der Waals surface area contributed by atoms with E-state index in [0.29, 0.717) is 13.2 Å². The minimum Gasteiger partial charge on any atom is -0.380 e. The van der Waals surface area contributed by atoms with Crippen molar-refractivity contribution in [3.63, 3.8) is 0 Å². The predicted molar refractivity (Wildman–Crippen MR) is 72.5 cm³/mol. The number of methoxy groups -OCH3 is 1. The Morgan fingerprint density at radius 2 is 2.00 bits per heavy atom. The Morgan fingerprint density at radius 1 is 1.25 bits per heavy atom. The SMILES string of the molecule is COCc1cccc(CNC(=O)c2cccc(F)n2)c1. The van der Waals surface area contributed by atoms with Crippen molar-refractivity contribution in [1.82, 2.24) is 10.3 Å². The van der Waals surface area contributed by atoms with Gasteiger partial charge in [-0.2, -0.15) is 4.39 Å². The van der Waals surface area contributed by atoms with Crippen LogP contribution in [0.3, 0.4) is 0 Å². The largest absolute Gasteiger partial charge is 0.380 e. The highest BCUT2D eigenvalue weighted by atomic mass is 19.1. The fourth-order valence-electron chi connectivity index (χ4n) is 1.80. The molecular weight excluding hydrogens is 259 g/mol. The lowest BCUT2D eigenvalue weighted by atomic mass is 10.1. The molecule has 0 fully saturated rings. The van der Waals surface area contributed by atoms with Crippen LogP contribution in [-0.2, 0) is 17.9 Å². The number of hydrogen-bond acceptors (Lipinski definition) is 3. The van der Waals surface area contributed by atoms with Gasteiger partial charge in [0.25, 0.3) is 5.91 Å². The number of carbonyl (C=O) groups is 1. The van der Waals surface area contributed by atoms with Crippen LogP contribution >= 0.6 is 0 Å². The maximum absolute atomic E-state index is 12.9. The van der Waals surface area contributed by atoms with Crippen LogP contribution in [0.1, 0.15) is 21.6 Å². The fraction of sp³-hybridized carbons (Fsp3) is 0.200. The molecule has 0 atom stereocenters. The molecule has 1 aromatic heterocycles. The minimum atomic E-state index is -0.667. The van der Waals surface area contributed by atoms with E-state index < -0.39 is 11.9 Å². The third kappa shape index (κ3) is 3.86. The van der Waals surface area contributed by atoms with E-state index in [1.165, 1.54) is 18.2 Å². The van der Waals surface area contributed by atoms with Crippen LogP contribution in [0.25, 0.3) is 0 Å². The Bertz CT molecular complexity index is 602. The Balaban J connectivity index is 1.98. The Morgan fingerprint density at radius 3 is 2.75 bits per heavy atom. The third-order valence-electron chi connectivity index (χ3n) is 2.70. The molecule has 0 radical (unpaired) electrons. The first-order valence-corrected chi connectivity index (χ1v) is 6.16. The summed E-state index contributed by atoms with van der Waals surface area (Å²) in [5.74, 6) is -1.07. The maximum atomic E-state index is 12.9. The molecule has 5 heteroatoms. The lowest BCUT2D eigenvalue weighted by Crippen LogP contribution is -2.24. The van der Waals surface area contributed by atoms with Crippen molar-refractivity contribution in [3.8, 4) is 0 Å². The zero-order valence-electron chi connectivity index (χ0n) is 11.1. The molecule has 1 aromatic carbocycles. The summed E-state index contributed by atoms with van der Waals surface area (Å²) in [6.45, 7) is 0.877. The Kier molecular flexibility index (Phi) is 4.79. The molecule has 0 aliphatic heterocycles. The van der Waals surface area contributed by atoms with Crippen molar-refractivity contribution in [2.75, 3.05) is 7.11 Å². The highest BCUT2D eigenvalue weighted by molar-refractivity contribution is 5.92. The molecular formula is C15H15FN2O2. The first-order valence-electron chi connectivity index (χ1n) is 6.16. The molecule has 1 N–H and O–H groups in total. The predicted octanol–water partition coefficient (Wildman–Crippen LogP) is 2.30. The normalized spacial score (nSPS) is 10.3. The Hall–Kier alpha value is -2.27. The number of aromatic nitrogens is 1. The molecule has 0 spiro atoms. The molecule has 0 aliphatic carbocycles. The number of nitrogens with one attached hydrogen (secondary N) is 1. The molecule has 20 heavy (non-hydrogen) atoms. The molecule has 2 aromatic rings. The summed E-state index contributed by atoms with van der Waals surface area (Å²) >= 11 is 0. The number of benzene rings is 1. The number of rotatable bonds is 5. The highest BCUT2D eigenvalue weighted by Crippen LogP contribution is 2.06. The van der Waals surface area contributed by atoms with Crippen LogP contribution in [0.2, 0.25) is 0 Å². The van der Waals surface area contributed by atoms with Crippen molar-refractivity contribution in [2.24, 2.45) is 0 Å². The highest BCUT2D eigenvalue weighted by Gasteiger charge is 2.07. The van der Waals surface area contributed by atoms with Gasteiger partial charge in [0, 0.05) is 13.7 Å². The van der Waals surface area contributed by atoms with E-state index in [1.54, 1.807) is 7.11 Å². The van der Waals surface area contributed by atoms with Gasteiger partial charge in [0.15, 0.2) is 0 Å². The van der Waals surface area contributed by atoms with E-state index in [0.717, 1.165) is 11.1 Å². The molecule has 0 bridgehead atoms. The maximum Gasteiger partial charge on any atom is 0.270 e. The van der Waals surface area contributed by atoms with Crippen molar-refractivity contribution in [3.05, 3.63) is 65.2 Å². The molecule has 0 aliphatic rings. The molecule has 4 nitrogen and oxygen atoms in total. The minimum absolute atomic E-state index is 0.0676. The van der Waals surface area contributed by atoms with Gasteiger partial charge in [0.1, 0.15) is 5.69 Å². The molecule has 104 valence electrons. The topological polar surface area (TPSA) is 51.2 Å². The van der Waals surface area contributed by atoms with Crippen LogP contribution in [0.5, 0.6) is 0 Å². The van der Waals surface area contributed by atoms with Gasteiger partial charge < -0.3 is 10.1 Å². The molecule has 0 saturated heterocycles. The van der Waals surface area contributed by atoms with Crippen molar-refractivity contribution in [1.29, 1.82) is 0 Å². The van der Waals surface area contributed by atoms with E-state index in [4.69, 9.17) is 4.74 Å². The fourth-order valence-corrected chi connectivity index (χ4v) is 1.80. The van der Waals surface area contributed by atoms with Crippen LogP contribution in [0, 0.1) is 5.95 Å². The van der Waals surface area contributed by atoms with E-state index in [1.807, 2.05) is 24.3 Å². The number of amides is 1. The zero-order chi connectivity index (χ0) is 14.4. The molecule has 1 heterocycles. The van der Waals surface area contributed by atoms with Gasteiger partial charge in [0.05, 0.1) is 6.61 Å². The first-order chi connectivity index (χ1) is 9.69. The van der Waals surface area contributed by atoms with Gasteiger partial charge >= 0.3 is 0 Å². The molecule has 0 saturated carbocycles. The van der Waals surface area contributed by atoms with E-state index in [9.17, 15) is 9.18 Å². The second-order valence-electron chi connectivity index (χ2n) is 4.28. The quantitative estimate of drug-likeness (QED) is 0.851. The number of ether oxygens (including phenoxy) is 1. The molecule has 1 amide bonds. The summed E-state index contributed by atoms with van der Waals surface area (Å²) in [4.78, 5) is 15.3. The standard InChI is InChI=1S/C15H15FN2O2/c1-20-10-12-5-2-4-11(8-12)9-17-15(19)13-6-3-7-14(16)18-13/h2-8H,9-10H2,1H3,(H,17,19). The van der Waals surface area contributed by atoms with E-state index in [2.05, 4.69) is 10.3 Å². The van der Waals surface area contributed by atoms with Gasteiger partial charge in [-0.1, -0.05) is 30.3 Å². The number of halogens is 1. The van der Waals surface area contributed by atoms with Gasteiger partial charge in [0.2, 0.25) is 5.95 Å². The molecule has 0 unspecified atom stereocenters. The van der Waals surface area contributed by atoms with Crippen LogP contribution < -0.4 is 5.32 Å². The zero-order valence-corrected chi connectivity index (χ0v) is 11.1.